The molecule has 1 atom stereocenters. The second-order valence-electron chi connectivity index (χ2n) is 6.95. The van der Waals surface area contributed by atoms with Gasteiger partial charge in [-0.1, -0.05) is 18.2 Å². The van der Waals surface area contributed by atoms with Crippen LogP contribution in [0.3, 0.4) is 0 Å². The van der Waals surface area contributed by atoms with Crippen molar-refractivity contribution in [3.8, 4) is 5.69 Å². The van der Waals surface area contributed by atoms with E-state index in [-0.39, 0.29) is 12.1 Å². The lowest BCUT2D eigenvalue weighted by molar-refractivity contribution is -0.137. The van der Waals surface area contributed by atoms with Crippen LogP contribution in [-0.2, 0) is 16.0 Å². The zero-order valence-electron chi connectivity index (χ0n) is 16.6. The van der Waals surface area contributed by atoms with Gasteiger partial charge in [-0.25, -0.2) is 4.98 Å². The number of nitrogens with one attached hydrogen (secondary N) is 1. The molecule has 3 heterocycles. The van der Waals surface area contributed by atoms with E-state index in [4.69, 9.17) is 10.2 Å². The molecule has 1 aromatic carbocycles. The van der Waals surface area contributed by atoms with Gasteiger partial charge in [0.2, 0.25) is 5.78 Å². The number of ketones is 1. The number of carbonyl (C=O) groups is 3. The van der Waals surface area contributed by atoms with Crippen LogP contribution in [0.25, 0.3) is 16.7 Å². The van der Waals surface area contributed by atoms with Crippen LogP contribution in [0.2, 0.25) is 0 Å². The number of furan rings is 1. The first-order valence-corrected chi connectivity index (χ1v) is 9.50. The fourth-order valence-electron chi connectivity index (χ4n) is 3.45. The second kappa shape index (κ2) is 8.23. The Morgan fingerprint density at radius 2 is 1.90 bits per heavy atom. The fraction of sp³-hybridized carbons (Fsp3) is 0.136. The van der Waals surface area contributed by atoms with Gasteiger partial charge in [-0.15, -0.1) is 0 Å². The van der Waals surface area contributed by atoms with Gasteiger partial charge < -0.3 is 15.5 Å². The highest BCUT2D eigenvalue weighted by Crippen LogP contribution is 2.22. The number of aromatic nitrogens is 3. The number of hydrogen-bond donors (Lipinski definition) is 2. The third-order valence-electron chi connectivity index (χ3n) is 4.94. The van der Waals surface area contributed by atoms with Gasteiger partial charge in [0.25, 0.3) is 11.8 Å². The lowest BCUT2D eigenvalue weighted by atomic mass is 10.0. The van der Waals surface area contributed by atoms with Crippen LogP contribution in [0.1, 0.15) is 21.9 Å². The Bertz CT molecular complexity index is 1280. The molecule has 9 nitrogen and oxygen atoms in total. The zero-order valence-corrected chi connectivity index (χ0v) is 16.6. The summed E-state index contributed by atoms with van der Waals surface area (Å²) in [6, 6.07) is 9.59. The first-order chi connectivity index (χ1) is 15.0. The minimum absolute atomic E-state index is 0.0485. The number of para-hydroxylation sites is 1. The number of imidazole rings is 1. The number of benzene rings is 1. The van der Waals surface area contributed by atoms with E-state index < -0.39 is 23.6 Å². The summed E-state index contributed by atoms with van der Waals surface area (Å²) in [7, 11) is 0. The smallest absolute Gasteiger partial charge is 0.287 e. The van der Waals surface area contributed by atoms with Gasteiger partial charge in [0.05, 0.1) is 18.1 Å². The summed E-state index contributed by atoms with van der Waals surface area (Å²) >= 11 is 0. The lowest BCUT2D eigenvalue weighted by Gasteiger charge is -2.17. The van der Waals surface area contributed by atoms with E-state index >= 15 is 0 Å². The highest BCUT2D eigenvalue weighted by atomic mass is 16.3. The molecule has 0 bridgehead atoms. The van der Waals surface area contributed by atoms with Crippen LogP contribution in [-0.4, -0.2) is 38.2 Å². The molecule has 1 unspecified atom stereocenters. The van der Waals surface area contributed by atoms with E-state index in [0.29, 0.717) is 22.7 Å². The molecule has 0 aliphatic carbocycles. The van der Waals surface area contributed by atoms with E-state index in [1.807, 2.05) is 18.2 Å². The predicted molar refractivity (Wildman–Crippen MR) is 111 cm³/mol. The molecule has 0 radical (unpaired) electrons. The van der Waals surface area contributed by atoms with Crippen LogP contribution in [0.4, 0.5) is 0 Å². The Labute approximate surface area is 176 Å². The second-order valence-corrected chi connectivity index (χ2v) is 6.95. The monoisotopic (exact) mass is 417 g/mol. The van der Waals surface area contributed by atoms with Crippen molar-refractivity contribution in [3.63, 3.8) is 0 Å². The van der Waals surface area contributed by atoms with E-state index in [1.54, 1.807) is 42.1 Å². The van der Waals surface area contributed by atoms with Crippen molar-refractivity contribution >= 4 is 28.6 Å². The first kappa shape index (κ1) is 20.0. The summed E-state index contributed by atoms with van der Waals surface area (Å²) in [5.74, 6) is -2.01. The van der Waals surface area contributed by atoms with Crippen molar-refractivity contribution in [1.29, 1.82) is 0 Å². The largest absolute Gasteiger partial charge is 0.464 e. The number of hydrogen-bond acceptors (Lipinski definition) is 6. The quantitative estimate of drug-likeness (QED) is 0.440. The summed E-state index contributed by atoms with van der Waals surface area (Å²) in [4.78, 5) is 45.4. The summed E-state index contributed by atoms with van der Waals surface area (Å²) < 4.78 is 7.13. The first-order valence-electron chi connectivity index (χ1n) is 9.50. The van der Waals surface area contributed by atoms with Crippen molar-refractivity contribution in [1.82, 2.24) is 19.9 Å². The van der Waals surface area contributed by atoms with Crippen molar-refractivity contribution in [2.24, 2.45) is 5.73 Å². The number of Topliss-reactive ketones (excluding diaryl/α,β-unsaturated/α-hetero) is 1. The molecule has 0 saturated carbocycles. The molecule has 3 aromatic heterocycles. The summed E-state index contributed by atoms with van der Waals surface area (Å²) in [6.45, 7) is 1.75. The van der Waals surface area contributed by atoms with Gasteiger partial charge in [0.15, 0.2) is 0 Å². The number of aryl methyl sites for hydroxylation is 1. The Morgan fingerprint density at radius 1 is 1.16 bits per heavy atom. The Kier molecular flexibility index (Phi) is 5.31. The molecule has 156 valence electrons. The molecule has 9 heteroatoms. The number of nitrogens with two attached hydrogens (primary N) is 1. The van der Waals surface area contributed by atoms with Gasteiger partial charge >= 0.3 is 0 Å². The number of nitrogens with zero attached hydrogens (tertiary/aromatic N) is 3. The van der Waals surface area contributed by atoms with E-state index in [2.05, 4.69) is 15.3 Å². The molecule has 0 fully saturated rings. The number of rotatable bonds is 7. The van der Waals surface area contributed by atoms with Crippen molar-refractivity contribution in [2.75, 3.05) is 0 Å². The molecule has 0 saturated heterocycles. The van der Waals surface area contributed by atoms with Gasteiger partial charge in [0.1, 0.15) is 23.1 Å². The fourth-order valence-corrected chi connectivity index (χ4v) is 3.45. The van der Waals surface area contributed by atoms with Crippen molar-refractivity contribution < 1.29 is 18.8 Å². The van der Waals surface area contributed by atoms with Gasteiger partial charge in [-0.3, -0.25) is 23.9 Å². The van der Waals surface area contributed by atoms with Crippen LogP contribution >= 0.6 is 0 Å². The minimum atomic E-state index is -1.16. The number of amides is 2. The number of pyridine rings is 1. The van der Waals surface area contributed by atoms with Gasteiger partial charge in [0, 0.05) is 29.8 Å². The number of primary amides is 1. The molecule has 0 aliphatic heterocycles. The third kappa shape index (κ3) is 3.93. The van der Waals surface area contributed by atoms with Gasteiger partial charge in [-0.2, -0.15) is 0 Å². The highest BCUT2D eigenvalue weighted by Gasteiger charge is 2.28. The molecule has 0 aliphatic rings. The van der Waals surface area contributed by atoms with E-state index in [0.717, 1.165) is 5.39 Å². The van der Waals surface area contributed by atoms with Crippen LogP contribution in [0.15, 0.2) is 65.7 Å². The molecule has 31 heavy (non-hydrogen) atoms. The molecular formula is C22H19N5O4. The normalized spacial score (nSPS) is 11.9. The lowest BCUT2D eigenvalue weighted by Crippen LogP contribution is -2.47. The minimum Gasteiger partial charge on any atom is -0.464 e. The topological polar surface area (TPSA) is 133 Å². The maximum absolute atomic E-state index is 13.1. The van der Waals surface area contributed by atoms with E-state index in [1.165, 1.54) is 12.5 Å². The zero-order chi connectivity index (χ0) is 22.0. The number of fused-ring (bicyclic) bond motifs is 1. The average Bonchev–Trinajstić information content (AvgIpc) is 3.37. The molecular weight excluding hydrogens is 398 g/mol. The predicted octanol–water partition coefficient (Wildman–Crippen LogP) is 1.72. The van der Waals surface area contributed by atoms with Crippen LogP contribution in [0.5, 0.6) is 0 Å². The molecule has 3 N–H and O–H groups in total. The van der Waals surface area contributed by atoms with Crippen LogP contribution < -0.4 is 11.1 Å². The Balaban J connectivity index is 1.65. The third-order valence-corrected chi connectivity index (χ3v) is 4.94. The summed E-state index contributed by atoms with van der Waals surface area (Å²) in [5.41, 5.74) is 7.44. The van der Waals surface area contributed by atoms with Gasteiger partial charge in [-0.05, 0) is 25.1 Å². The summed E-state index contributed by atoms with van der Waals surface area (Å²) in [5, 5.41) is 3.42. The van der Waals surface area contributed by atoms with E-state index in [9.17, 15) is 14.4 Å². The number of carbonyl (C=O) groups excluding carboxylic acids is 3. The van der Waals surface area contributed by atoms with Crippen molar-refractivity contribution in [3.05, 3.63) is 78.3 Å². The summed E-state index contributed by atoms with van der Waals surface area (Å²) in [6.07, 6.45) is 6.15. The molecule has 0 spiro atoms. The standard InChI is InChI=1S/C22H19N5O4/c1-13-25-11-18(27(13)15-6-8-24-9-7-15)22(30)26-17(20(28)21(23)29)10-14-12-31-19-5-3-2-4-16(14)19/h2-9,11-12,17H,10H2,1H3,(H2,23,29)(H,26,30). The average molecular weight is 417 g/mol. The molecule has 4 rings (SSSR count). The maximum Gasteiger partial charge on any atom is 0.287 e. The van der Waals surface area contributed by atoms with Crippen molar-refractivity contribution in [2.45, 2.75) is 19.4 Å². The maximum atomic E-state index is 13.1. The highest BCUT2D eigenvalue weighted by molar-refractivity contribution is 6.38. The Morgan fingerprint density at radius 3 is 2.65 bits per heavy atom. The molecule has 4 aromatic rings. The molecule has 2 amide bonds. The SMILES string of the molecule is Cc1ncc(C(=O)NC(Cc2coc3ccccc23)C(=O)C(N)=O)n1-c1ccncc1. The van der Waals surface area contributed by atoms with Crippen LogP contribution in [0, 0.1) is 6.92 Å². The Hall–Kier alpha value is -4.27.